The van der Waals surface area contributed by atoms with E-state index in [9.17, 15) is 18.3 Å². The Kier molecular flexibility index (Phi) is 4.56. The molecule has 1 N–H and O–H groups in total. The molecule has 1 aliphatic rings. The molecule has 1 fully saturated rings. The molecule has 2 rings (SSSR count). The quantitative estimate of drug-likeness (QED) is 0.864. The first-order valence-corrected chi connectivity index (χ1v) is 8.54. The molecule has 0 spiro atoms. The third-order valence-corrected chi connectivity index (χ3v) is 6.69. The second-order valence-electron chi connectivity index (χ2n) is 5.39. The zero-order chi connectivity index (χ0) is 15.5. The monoisotopic (exact) mass is 312 g/mol. The maximum absolute atomic E-state index is 12.9. The van der Waals surface area contributed by atoms with E-state index in [0.29, 0.717) is 18.6 Å². The SMILES string of the molecule is COc1ccc(S(=O)(=O)C2(C(=O)O)CCCCCC2)cc1. The normalized spacial score (nSPS) is 18.7. The lowest BCUT2D eigenvalue weighted by Gasteiger charge is -2.27. The number of hydrogen-bond donors (Lipinski definition) is 1. The number of carboxylic acid groups (broad SMARTS) is 1. The fraction of sp³-hybridized carbons (Fsp3) is 0.533. The number of sulfone groups is 1. The number of hydrogen-bond acceptors (Lipinski definition) is 4. The maximum atomic E-state index is 12.9. The van der Waals surface area contributed by atoms with Gasteiger partial charge in [0.05, 0.1) is 12.0 Å². The summed E-state index contributed by atoms with van der Waals surface area (Å²) in [5.41, 5.74) is 0. The van der Waals surface area contributed by atoms with Crippen molar-refractivity contribution >= 4 is 15.8 Å². The molecule has 0 saturated heterocycles. The molecule has 0 atom stereocenters. The van der Waals surface area contributed by atoms with E-state index >= 15 is 0 Å². The van der Waals surface area contributed by atoms with Crippen LogP contribution in [0.2, 0.25) is 0 Å². The van der Waals surface area contributed by atoms with Gasteiger partial charge in [0.25, 0.3) is 0 Å². The lowest BCUT2D eigenvalue weighted by molar-refractivity contribution is -0.140. The number of aliphatic carboxylic acids is 1. The van der Waals surface area contributed by atoms with E-state index in [-0.39, 0.29) is 17.7 Å². The van der Waals surface area contributed by atoms with Gasteiger partial charge in [0, 0.05) is 0 Å². The molecule has 0 unspecified atom stereocenters. The molecular weight excluding hydrogens is 292 g/mol. The highest BCUT2D eigenvalue weighted by atomic mass is 32.2. The van der Waals surface area contributed by atoms with E-state index in [1.54, 1.807) is 12.1 Å². The number of carboxylic acids is 1. The van der Waals surface area contributed by atoms with Crippen LogP contribution in [0.15, 0.2) is 29.2 Å². The van der Waals surface area contributed by atoms with Crippen molar-refractivity contribution in [3.63, 3.8) is 0 Å². The van der Waals surface area contributed by atoms with Crippen molar-refractivity contribution in [1.82, 2.24) is 0 Å². The van der Waals surface area contributed by atoms with Gasteiger partial charge in [0.2, 0.25) is 0 Å². The van der Waals surface area contributed by atoms with Gasteiger partial charge in [0.15, 0.2) is 14.6 Å². The van der Waals surface area contributed by atoms with E-state index in [1.165, 1.54) is 19.2 Å². The summed E-state index contributed by atoms with van der Waals surface area (Å²) in [5.74, 6) is -0.695. The van der Waals surface area contributed by atoms with Crippen molar-refractivity contribution in [2.24, 2.45) is 0 Å². The molecule has 0 radical (unpaired) electrons. The van der Waals surface area contributed by atoms with E-state index in [4.69, 9.17) is 4.74 Å². The predicted molar refractivity (Wildman–Crippen MR) is 78.2 cm³/mol. The first-order chi connectivity index (χ1) is 9.94. The van der Waals surface area contributed by atoms with Crippen LogP contribution in [0.25, 0.3) is 0 Å². The lowest BCUT2D eigenvalue weighted by Crippen LogP contribution is -2.46. The molecule has 0 aliphatic heterocycles. The molecule has 5 nitrogen and oxygen atoms in total. The zero-order valence-electron chi connectivity index (χ0n) is 12.0. The van der Waals surface area contributed by atoms with Crippen LogP contribution in [0.1, 0.15) is 38.5 Å². The van der Waals surface area contributed by atoms with Gasteiger partial charge in [-0.2, -0.15) is 0 Å². The summed E-state index contributed by atoms with van der Waals surface area (Å²) in [6, 6.07) is 5.92. The molecule has 0 heterocycles. The lowest BCUT2D eigenvalue weighted by atomic mass is 9.99. The largest absolute Gasteiger partial charge is 0.497 e. The Bertz CT molecular complexity index is 595. The van der Waals surface area contributed by atoms with Crippen LogP contribution in [0, 0.1) is 0 Å². The van der Waals surface area contributed by atoms with Crippen LogP contribution in [0.4, 0.5) is 0 Å². The second kappa shape index (κ2) is 6.05. The third-order valence-electron chi connectivity index (χ3n) is 4.19. The molecule has 0 bridgehead atoms. The standard InChI is InChI=1S/C15H20O5S/c1-20-12-6-8-13(9-7-12)21(18,19)15(14(16)17)10-4-2-3-5-11-15/h6-9H,2-5,10-11H2,1H3,(H,16,17). The summed E-state index contributed by atoms with van der Waals surface area (Å²) in [4.78, 5) is 11.8. The van der Waals surface area contributed by atoms with Crippen LogP contribution in [-0.4, -0.2) is 31.4 Å². The second-order valence-corrected chi connectivity index (χ2v) is 7.65. The van der Waals surface area contributed by atoms with E-state index in [1.807, 2.05) is 0 Å². The summed E-state index contributed by atoms with van der Waals surface area (Å²) in [6.45, 7) is 0. The van der Waals surface area contributed by atoms with E-state index < -0.39 is 20.6 Å². The number of ether oxygens (including phenoxy) is 1. The fourth-order valence-electron chi connectivity index (χ4n) is 2.88. The Morgan fingerprint density at radius 1 is 1.10 bits per heavy atom. The fourth-order valence-corrected chi connectivity index (χ4v) is 4.88. The van der Waals surface area contributed by atoms with E-state index in [0.717, 1.165) is 12.8 Å². The molecule has 0 aromatic heterocycles. The molecule has 1 aromatic carbocycles. The zero-order valence-corrected chi connectivity index (χ0v) is 12.9. The molecule has 21 heavy (non-hydrogen) atoms. The topological polar surface area (TPSA) is 80.7 Å². The smallest absolute Gasteiger partial charge is 0.325 e. The summed E-state index contributed by atoms with van der Waals surface area (Å²) >= 11 is 0. The molecule has 1 saturated carbocycles. The first kappa shape index (κ1) is 15.8. The van der Waals surface area contributed by atoms with Gasteiger partial charge in [-0.25, -0.2) is 8.42 Å². The molecule has 1 aliphatic carbocycles. The highest BCUT2D eigenvalue weighted by molar-refractivity contribution is 7.93. The average Bonchev–Trinajstić information content (AvgIpc) is 2.74. The van der Waals surface area contributed by atoms with Crippen molar-refractivity contribution < 1.29 is 23.1 Å². The Labute approximate surface area is 124 Å². The van der Waals surface area contributed by atoms with Gasteiger partial charge in [-0.15, -0.1) is 0 Å². The third kappa shape index (κ3) is 2.77. The highest BCUT2D eigenvalue weighted by Gasteiger charge is 2.51. The molecule has 116 valence electrons. The van der Waals surface area contributed by atoms with Crippen LogP contribution in [0.5, 0.6) is 5.75 Å². The highest BCUT2D eigenvalue weighted by Crippen LogP contribution is 2.38. The van der Waals surface area contributed by atoms with Crippen molar-refractivity contribution in [2.75, 3.05) is 7.11 Å². The molecular formula is C15H20O5S. The Morgan fingerprint density at radius 2 is 1.62 bits per heavy atom. The first-order valence-electron chi connectivity index (χ1n) is 7.06. The molecule has 6 heteroatoms. The van der Waals surface area contributed by atoms with Gasteiger partial charge in [-0.05, 0) is 37.1 Å². The summed E-state index contributed by atoms with van der Waals surface area (Å²) in [6.07, 6.45) is 3.37. The van der Waals surface area contributed by atoms with Crippen molar-refractivity contribution in [3.8, 4) is 5.75 Å². The van der Waals surface area contributed by atoms with Gasteiger partial charge in [-0.1, -0.05) is 25.7 Å². The van der Waals surface area contributed by atoms with Crippen LogP contribution in [0.3, 0.4) is 0 Å². The minimum absolute atomic E-state index is 0.0487. The Hall–Kier alpha value is -1.56. The minimum atomic E-state index is -3.93. The Balaban J connectivity index is 2.48. The van der Waals surface area contributed by atoms with Crippen LogP contribution < -0.4 is 4.74 Å². The molecule has 0 amide bonds. The van der Waals surface area contributed by atoms with Gasteiger partial charge >= 0.3 is 5.97 Å². The number of rotatable bonds is 4. The van der Waals surface area contributed by atoms with Gasteiger partial charge in [0.1, 0.15) is 5.75 Å². The summed E-state index contributed by atoms with van der Waals surface area (Å²) < 4.78 is 29.1. The predicted octanol–water partition coefficient (Wildman–Crippen LogP) is 2.65. The van der Waals surface area contributed by atoms with Crippen molar-refractivity contribution in [1.29, 1.82) is 0 Å². The van der Waals surface area contributed by atoms with Gasteiger partial charge in [-0.3, -0.25) is 4.79 Å². The van der Waals surface area contributed by atoms with E-state index in [2.05, 4.69) is 0 Å². The van der Waals surface area contributed by atoms with Gasteiger partial charge < -0.3 is 9.84 Å². The molecule has 1 aromatic rings. The maximum Gasteiger partial charge on any atom is 0.325 e. The number of carbonyl (C=O) groups is 1. The number of benzene rings is 1. The van der Waals surface area contributed by atoms with Crippen molar-refractivity contribution in [3.05, 3.63) is 24.3 Å². The summed E-state index contributed by atoms with van der Waals surface area (Å²) in [5, 5.41) is 9.61. The summed E-state index contributed by atoms with van der Waals surface area (Å²) in [7, 11) is -2.43. The Morgan fingerprint density at radius 3 is 2.05 bits per heavy atom. The van der Waals surface area contributed by atoms with Crippen molar-refractivity contribution in [2.45, 2.75) is 48.2 Å². The van der Waals surface area contributed by atoms with Crippen LogP contribution >= 0.6 is 0 Å². The minimum Gasteiger partial charge on any atom is -0.497 e. The van der Waals surface area contributed by atoms with Crippen LogP contribution in [-0.2, 0) is 14.6 Å². The number of methoxy groups -OCH3 is 1. The average molecular weight is 312 g/mol.